The first-order chi connectivity index (χ1) is 13.4. The van der Waals surface area contributed by atoms with Crippen molar-refractivity contribution >= 4 is 17.6 Å². The van der Waals surface area contributed by atoms with Crippen molar-refractivity contribution in [3.63, 3.8) is 0 Å². The van der Waals surface area contributed by atoms with Crippen molar-refractivity contribution in [2.45, 2.75) is 63.6 Å². The number of nitrogens with zero attached hydrogens (tertiary/aromatic N) is 2. The van der Waals surface area contributed by atoms with Gasteiger partial charge >= 0.3 is 0 Å². The van der Waals surface area contributed by atoms with Gasteiger partial charge in [0, 0.05) is 12.2 Å². The first-order valence-corrected chi connectivity index (χ1v) is 9.85. The molecule has 28 heavy (non-hydrogen) atoms. The average Bonchev–Trinajstić information content (AvgIpc) is 3.18. The SMILES string of the molecule is CC(C)(C(=O)NC1CCCCC1)n1cnc(NC(=O)[C@@H](N)c2ccccc2)c1. The zero-order valence-corrected chi connectivity index (χ0v) is 16.5. The fourth-order valence-electron chi connectivity index (χ4n) is 3.43. The van der Waals surface area contributed by atoms with Gasteiger partial charge in [0.1, 0.15) is 11.6 Å². The Labute approximate surface area is 165 Å². The Hall–Kier alpha value is -2.67. The number of aromatic nitrogens is 2. The summed E-state index contributed by atoms with van der Waals surface area (Å²) in [5, 5.41) is 5.88. The second-order valence-electron chi connectivity index (χ2n) is 7.91. The van der Waals surface area contributed by atoms with Crippen LogP contribution in [0.15, 0.2) is 42.9 Å². The van der Waals surface area contributed by atoms with Gasteiger partial charge in [-0.05, 0) is 32.3 Å². The Bertz CT molecular complexity index is 809. The van der Waals surface area contributed by atoms with Gasteiger partial charge in [-0.25, -0.2) is 4.98 Å². The van der Waals surface area contributed by atoms with Crippen LogP contribution in [0, 0.1) is 0 Å². The third-order valence-electron chi connectivity index (χ3n) is 5.42. The minimum atomic E-state index is -0.811. The Morgan fingerprint density at radius 2 is 1.86 bits per heavy atom. The quantitative estimate of drug-likeness (QED) is 0.714. The molecular formula is C21H29N5O2. The Morgan fingerprint density at radius 3 is 2.54 bits per heavy atom. The first kappa shape index (κ1) is 20.1. The summed E-state index contributed by atoms with van der Waals surface area (Å²) in [5.41, 5.74) is 5.94. The summed E-state index contributed by atoms with van der Waals surface area (Å²) >= 11 is 0. The minimum Gasteiger partial charge on any atom is -0.351 e. The second-order valence-corrected chi connectivity index (χ2v) is 7.91. The molecule has 2 aromatic rings. The summed E-state index contributed by atoms with van der Waals surface area (Å²) < 4.78 is 1.72. The fraction of sp³-hybridized carbons (Fsp3) is 0.476. The molecule has 0 unspecified atom stereocenters. The van der Waals surface area contributed by atoms with Crippen molar-refractivity contribution in [3.8, 4) is 0 Å². The monoisotopic (exact) mass is 383 g/mol. The molecule has 0 radical (unpaired) electrons. The molecular weight excluding hydrogens is 354 g/mol. The van der Waals surface area contributed by atoms with Gasteiger partial charge in [0.15, 0.2) is 5.82 Å². The molecule has 7 nitrogen and oxygen atoms in total. The number of imidazole rings is 1. The third kappa shape index (κ3) is 4.59. The van der Waals surface area contributed by atoms with E-state index in [2.05, 4.69) is 15.6 Å². The van der Waals surface area contributed by atoms with Crippen LogP contribution in [0.3, 0.4) is 0 Å². The molecule has 2 amide bonds. The van der Waals surface area contributed by atoms with Crippen LogP contribution in [0.5, 0.6) is 0 Å². The van der Waals surface area contributed by atoms with E-state index in [1.165, 1.54) is 6.42 Å². The molecule has 0 aliphatic heterocycles. The van der Waals surface area contributed by atoms with Gasteiger partial charge in [-0.1, -0.05) is 49.6 Å². The largest absolute Gasteiger partial charge is 0.351 e. The summed E-state index contributed by atoms with van der Waals surface area (Å²) in [6.45, 7) is 3.68. The van der Waals surface area contributed by atoms with Gasteiger partial charge in [-0.3, -0.25) is 9.59 Å². The number of anilines is 1. The molecule has 0 spiro atoms. The highest BCUT2D eigenvalue weighted by Gasteiger charge is 2.32. The van der Waals surface area contributed by atoms with E-state index in [1.807, 2.05) is 44.2 Å². The molecule has 1 atom stereocenters. The lowest BCUT2D eigenvalue weighted by Gasteiger charge is -2.30. The van der Waals surface area contributed by atoms with Gasteiger partial charge in [-0.15, -0.1) is 0 Å². The van der Waals surface area contributed by atoms with Gasteiger partial charge in [0.25, 0.3) is 0 Å². The summed E-state index contributed by atoms with van der Waals surface area (Å²) in [6, 6.07) is 8.62. The van der Waals surface area contributed by atoms with Gasteiger partial charge in [0.2, 0.25) is 11.8 Å². The lowest BCUT2D eigenvalue weighted by atomic mass is 9.94. The van der Waals surface area contributed by atoms with Gasteiger partial charge in [-0.2, -0.15) is 0 Å². The molecule has 7 heteroatoms. The molecule has 1 aliphatic rings. The molecule has 1 fully saturated rings. The Morgan fingerprint density at radius 1 is 1.18 bits per heavy atom. The fourth-order valence-corrected chi connectivity index (χ4v) is 3.43. The number of hydrogen-bond acceptors (Lipinski definition) is 4. The van der Waals surface area contributed by atoms with Crippen molar-refractivity contribution < 1.29 is 9.59 Å². The van der Waals surface area contributed by atoms with E-state index in [1.54, 1.807) is 17.1 Å². The molecule has 150 valence electrons. The number of nitrogens with one attached hydrogen (secondary N) is 2. The van der Waals surface area contributed by atoms with E-state index < -0.39 is 11.6 Å². The number of carbonyl (C=O) groups is 2. The minimum absolute atomic E-state index is 0.0457. The predicted molar refractivity (Wildman–Crippen MR) is 109 cm³/mol. The van der Waals surface area contributed by atoms with Crippen molar-refractivity contribution in [2.75, 3.05) is 5.32 Å². The van der Waals surface area contributed by atoms with E-state index in [-0.39, 0.29) is 17.9 Å². The van der Waals surface area contributed by atoms with E-state index >= 15 is 0 Å². The zero-order chi connectivity index (χ0) is 20.1. The lowest BCUT2D eigenvalue weighted by Crippen LogP contribution is -2.48. The van der Waals surface area contributed by atoms with E-state index in [4.69, 9.17) is 5.73 Å². The topological polar surface area (TPSA) is 102 Å². The molecule has 1 heterocycles. The molecule has 1 aromatic heterocycles. The maximum Gasteiger partial charge on any atom is 0.247 e. The number of nitrogens with two attached hydrogens (primary N) is 1. The number of benzene rings is 1. The highest BCUT2D eigenvalue weighted by atomic mass is 16.2. The van der Waals surface area contributed by atoms with Crippen LogP contribution in [-0.2, 0) is 15.1 Å². The molecule has 1 aliphatic carbocycles. The highest BCUT2D eigenvalue weighted by Crippen LogP contribution is 2.22. The Kier molecular flexibility index (Phi) is 6.14. The first-order valence-electron chi connectivity index (χ1n) is 9.85. The van der Waals surface area contributed by atoms with E-state index in [0.717, 1.165) is 31.2 Å². The number of carbonyl (C=O) groups excluding carboxylic acids is 2. The number of rotatable bonds is 6. The van der Waals surface area contributed by atoms with Crippen molar-refractivity contribution in [3.05, 3.63) is 48.4 Å². The zero-order valence-electron chi connectivity index (χ0n) is 16.5. The van der Waals surface area contributed by atoms with Crippen molar-refractivity contribution in [2.24, 2.45) is 5.73 Å². The smallest absolute Gasteiger partial charge is 0.247 e. The van der Waals surface area contributed by atoms with Crippen LogP contribution in [-0.4, -0.2) is 27.4 Å². The summed E-state index contributed by atoms with van der Waals surface area (Å²) in [4.78, 5) is 29.4. The molecule has 1 aromatic carbocycles. The predicted octanol–water partition coefficient (Wildman–Crippen LogP) is 2.71. The number of hydrogen-bond donors (Lipinski definition) is 3. The van der Waals surface area contributed by atoms with E-state index in [9.17, 15) is 9.59 Å². The van der Waals surface area contributed by atoms with Crippen LogP contribution < -0.4 is 16.4 Å². The van der Waals surface area contributed by atoms with Gasteiger partial charge in [0.05, 0.1) is 6.33 Å². The van der Waals surface area contributed by atoms with Crippen molar-refractivity contribution in [1.82, 2.24) is 14.9 Å². The maximum absolute atomic E-state index is 12.8. The van der Waals surface area contributed by atoms with Crippen molar-refractivity contribution in [1.29, 1.82) is 0 Å². The van der Waals surface area contributed by atoms with Crippen LogP contribution in [0.4, 0.5) is 5.82 Å². The summed E-state index contributed by atoms with van der Waals surface area (Å²) in [5.74, 6) is -0.0218. The molecule has 0 bridgehead atoms. The Balaban J connectivity index is 1.63. The molecule has 0 saturated heterocycles. The standard InChI is InChI=1S/C21H29N5O2/c1-21(2,20(28)24-16-11-7-4-8-12-16)26-13-17(23-14-26)25-19(27)18(22)15-9-5-3-6-10-15/h3,5-6,9-10,13-14,16,18H,4,7-8,11-12,22H2,1-2H3,(H,24,28)(H,25,27)/t18-/m0/s1. The third-order valence-corrected chi connectivity index (χ3v) is 5.42. The van der Waals surface area contributed by atoms with Gasteiger partial charge < -0.3 is 20.9 Å². The summed E-state index contributed by atoms with van der Waals surface area (Å²) in [7, 11) is 0. The van der Waals surface area contributed by atoms with E-state index in [0.29, 0.717) is 5.82 Å². The second kappa shape index (κ2) is 8.56. The van der Waals surface area contributed by atoms with Crippen LogP contribution >= 0.6 is 0 Å². The number of amides is 2. The summed E-state index contributed by atoms with van der Waals surface area (Å²) in [6.07, 6.45) is 8.85. The van der Waals surface area contributed by atoms with Crippen LogP contribution in [0.1, 0.15) is 57.6 Å². The lowest BCUT2D eigenvalue weighted by molar-refractivity contribution is -0.129. The maximum atomic E-state index is 12.8. The molecule has 1 saturated carbocycles. The molecule has 4 N–H and O–H groups in total. The molecule has 3 rings (SSSR count). The average molecular weight is 383 g/mol. The normalized spacial score (nSPS) is 16.4. The van der Waals surface area contributed by atoms with Crippen LogP contribution in [0.25, 0.3) is 0 Å². The highest BCUT2D eigenvalue weighted by molar-refractivity contribution is 5.94. The van der Waals surface area contributed by atoms with Crippen LogP contribution in [0.2, 0.25) is 0 Å².